The highest BCUT2D eigenvalue weighted by molar-refractivity contribution is 5.94. The summed E-state index contributed by atoms with van der Waals surface area (Å²) in [6.07, 6.45) is 12.0. The zero-order chi connectivity index (χ0) is 21.1. The zero-order valence-electron chi connectivity index (χ0n) is 18.3. The van der Waals surface area contributed by atoms with Crippen molar-refractivity contribution in [2.75, 3.05) is 0 Å². The molecule has 1 aromatic carbocycles. The van der Waals surface area contributed by atoms with Crippen LogP contribution in [0.15, 0.2) is 18.2 Å². The number of hydrogen-bond acceptors (Lipinski definition) is 2. The van der Waals surface area contributed by atoms with Crippen LogP contribution in [0.5, 0.6) is 0 Å². The number of hydrogen-bond donors (Lipinski definition) is 1. The van der Waals surface area contributed by atoms with Gasteiger partial charge in [-0.2, -0.15) is 0 Å². The molecule has 4 rings (SSSR count). The van der Waals surface area contributed by atoms with Gasteiger partial charge >= 0.3 is 0 Å². The second-order valence-corrected chi connectivity index (χ2v) is 9.25. The Morgan fingerprint density at radius 1 is 1.07 bits per heavy atom. The minimum atomic E-state index is -0.270. The maximum atomic E-state index is 14.1. The van der Waals surface area contributed by atoms with E-state index in [1.165, 1.54) is 57.4 Å². The Labute approximate surface area is 179 Å². The van der Waals surface area contributed by atoms with Crippen LogP contribution in [0.1, 0.15) is 86.0 Å². The molecule has 1 heterocycles. The quantitative estimate of drug-likeness (QED) is 0.661. The average molecular weight is 412 g/mol. The number of aryl methyl sites for hydroxylation is 1. The number of carbonyl (C=O) groups is 1. The van der Waals surface area contributed by atoms with Crippen LogP contribution in [0.25, 0.3) is 11.4 Å². The fourth-order valence-corrected chi connectivity index (χ4v) is 5.14. The van der Waals surface area contributed by atoms with Crippen LogP contribution >= 0.6 is 0 Å². The van der Waals surface area contributed by atoms with E-state index < -0.39 is 0 Å². The summed E-state index contributed by atoms with van der Waals surface area (Å²) < 4.78 is 16.3. The normalized spacial score (nSPS) is 18.5. The lowest BCUT2D eigenvalue weighted by Gasteiger charge is -2.24. The predicted molar refractivity (Wildman–Crippen MR) is 118 cm³/mol. The highest BCUT2D eigenvalue weighted by atomic mass is 19.1. The van der Waals surface area contributed by atoms with Gasteiger partial charge in [-0.1, -0.05) is 44.6 Å². The lowest BCUT2D eigenvalue weighted by Crippen LogP contribution is -2.36. The van der Waals surface area contributed by atoms with Crippen LogP contribution in [-0.2, 0) is 6.54 Å². The number of carbonyl (C=O) groups excluding carboxylic acids is 1. The highest BCUT2D eigenvalue weighted by Gasteiger charge is 2.26. The first-order valence-corrected chi connectivity index (χ1v) is 11.7. The summed E-state index contributed by atoms with van der Waals surface area (Å²) in [4.78, 5) is 17.9. The van der Waals surface area contributed by atoms with Gasteiger partial charge in [0.2, 0.25) is 0 Å². The summed E-state index contributed by atoms with van der Waals surface area (Å²) in [5, 5.41) is 3.21. The van der Waals surface area contributed by atoms with Gasteiger partial charge in [0.1, 0.15) is 17.3 Å². The largest absolute Gasteiger partial charge is 0.348 e. The minimum Gasteiger partial charge on any atom is -0.348 e. The molecule has 1 N–H and O–H groups in total. The Balaban J connectivity index is 1.68. The Bertz CT molecular complexity index is 892. The molecular formula is C25H34FN3O. The van der Waals surface area contributed by atoms with E-state index in [0.717, 1.165) is 42.0 Å². The van der Waals surface area contributed by atoms with Crippen LogP contribution in [-0.4, -0.2) is 21.5 Å². The first-order valence-electron chi connectivity index (χ1n) is 11.7. The second-order valence-electron chi connectivity index (χ2n) is 9.25. The summed E-state index contributed by atoms with van der Waals surface area (Å²) >= 11 is 0. The Morgan fingerprint density at radius 3 is 2.43 bits per heavy atom. The molecule has 5 heteroatoms. The SMILES string of the molecule is Cc1ccc(F)cc1-c1nc(C(=O)NC2CCCCC2)c(C)n1CC1CCCCC1. The van der Waals surface area contributed by atoms with Crippen molar-refractivity contribution >= 4 is 5.91 Å². The van der Waals surface area contributed by atoms with E-state index in [4.69, 9.17) is 4.98 Å². The van der Waals surface area contributed by atoms with Crippen molar-refractivity contribution < 1.29 is 9.18 Å². The maximum absolute atomic E-state index is 14.1. The molecule has 0 aliphatic heterocycles. The van der Waals surface area contributed by atoms with Crippen molar-refractivity contribution in [2.24, 2.45) is 5.92 Å². The molecule has 0 spiro atoms. The van der Waals surface area contributed by atoms with Gasteiger partial charge in [-0.3, -0.25) is 4.79 Å². The van der Waals surface area contributed by atoms with E-state index in [-0.39, 0.29) is 17.8 Å². The molecule has 2 aliphatic carbocycles. The summed E-state index contributed by atoms with van der Waals surface area (Å²) in [7, 11) is 0. The molecule has 1 amide bonds. The van der Waals surface area contributed by atoms with Gasteiger partial charge in [-0.05, 0) is 63.1 Å². The van der Waals surface area contributed by atoms with Crippen LogP contribution in [0, 0.1) is 25.6 Å². The number of nitrogens with one attached hydrogen (secondary N) is 1. The fourth-order valence-electron chi connectivity index (χ4n) is 5.14. The van der Waals surface area contributed by atoms with Gasteiger partial charge in [-0.15, -0.1) is 0 Å². The van der Waals surface area contributed by atoms with Crippen molar-refractivity contribution in [3.05, 3.63) is 41.0 Å². The van der Waals surface area contributed by atoms with Crippen LogP contribution < -0.4 is 5.32 Å². The first-order chi connectivity index (χ1) is 14.5. The maximum Gasteiger partial charge on any atom is 0.271 e. The molecule has 2 saturated carbocycles. The van der Waals surface area contributed by atoms with Crippen LogP contribution in [0.4, 0.5) is 4.39 Å². The molecule has 30 heavy (non-hydrogen) atoms. The number of amides is 1. The first kappa shape index (κ1) is 21.1. The summed E-state index contributed by atoms with van der Waals surface area (Å²) in [5.74, 6) is 0.961. The fraction of sp³-hybridized carbons (Fsp3) is 0.600. The average Bonchev–Trinajstić information content (AvgIpc) is 3.07. The van der Waals surface area contributed by atoms with E-state index >= 15 is 0 Å². The summed E-state index contributed by atoms with van der Waals surface area (Å²) in [5.41, 5.74) is 3.15. The number of rotatable bonds is 5. The number of aromatic nitrogens is 2. The van der Waals surface area contributed by atoms with Crippen molar-refractivity contribution in [3.63, 3.8) is 0 Å². The lowest BCUT2D eigenvalue weighted by molar-refractivity contribution is 0.0922. The number of benzene rings is 1. The van der Waals surface area contributed by atoms with Crippen molar-refractivity contribution in [3.8, 4) is 11.4 Å². The smallest absolute Gasteiger partial charge is 0.271 e. The molecule has 0 saturated heterocycles. The predicted octanol–water partition coefficient (Wildman–Crippen LogP) is 5.95. The molecule has 0 atom stereocenters. The van der Waals surface area contributed by atoms with Gasteiger partial charge in [0.05, 0.1) is 0 Å². The van der Waals surface area contributed by atoms with Crippen molar-refractivity contribution in [1.82, 2.24) is 14.9 Å². The van der Waals surface area contributed by atoms with E-state index in [2.05, 4.69) is 9.88 Å². The van der Waals surface area contributed by atoms with E-state index in [1.54, 1.807) is 12.1 Å². The zero-order valence-corrected chi connectivity index (χ0v) is 18.3. The van der Waals surface area contributed by atoms with Gasteiger partial charge in [0.15, 0.2) is 0 Å². The van der Waals surface area contributed by atoms with Gasteiger partial charge in [0, 0.05) is 23.8 Å². The molecule has 2 fully saturated rings. The molecule has 2 aromatic rings. The van der Waals surface area contributed by atoms with Gasteiger partial charge in [0.25, 0.3) is 5.91 Å². The molecule has 0 bridgehead atoms. The number of halogens is 1. The summed E-state index contributed by atoms with van der Waals surface area (Å²) in [6, 6.07) is 5.07. The summed E-state index contributed by atoms with van der Waals surface area (Å²) in [6.45, 7) is 4.82. The lowest BCUT2D eigenvalue weighted by atomic mass is 9.89. The molecule has 2 aliphatic rings. The molecule has 4 nitrogen and oxygen atoms in total. The third kappa shape index (κ3) is 4.60. The molecule has 0 radical (unpaired) electrons. The topological polar surface area (TPSA) is 46.9 Å². The van der Waals surface area contributed by atoms with Crippen molar-refractivity contribution in [2.45, 2.75) is 90.6 Å². The molecule has 0 unspecified atom stereocenters. The molecule has 1 aromatic heterocycles. The molecular weight excluding hydrogens is 377 g/mol. The van der Waals surface area contributed by atoms with Crippen molar-refractivity contribution in [1.29, 1.82) is 0 Å². The van der Waals surface area contributed by atoms with Crippen LogP contribution in [0.2, 0.25) is 0 Å². The second kappa shape index (κ2) is 9.32. The van der Waals surface area contributed by atoms with E-state index in [9.17, 15) is 9.18 Å². The Kier molecular flexibility index (Phi) is 6.55. The third-order valence-corrected chi connectivity index (χ3v) is 6.98. The van der Waals surface area contributed by atoms with E-state index in [0.29, 0.717) is 11.6 Å². The van der Waals surface area contributed by atoms with E-state index in [1.807, 2.05) is 13.8 Å². The standard InChI is InChI=1S/C25H34FN3O/c1-17-13-14-20(26)15-22(17)24-28-23(25(30)27-21-11-7-4-8-12-21)18(2)29(24)16-19-9-5-3-6-10-19/h13-15,19,21H,3-12,16H2,1-2H3,(H,27,30). The van der Waals surface area contributed by atoms with Gasteiger partial charge < -0.3 is 9.88 Å². The molecule has 162 valence electrons. The number of nitrogens with zero attached hydrogens (tertiary/aromatic N) is 2. The Morgan fingerprint density at radius 2 is 1.73 bits per heavy atom. The van der Waals surface area contributed by atoms with Gasteiger partial charge in [-0.25, -0.2) is 9.37 Å². The van der Waals surface area contributed by atoms with Crippen LogP contribution in [0.3, 0.4) is 0 Å². The monoisotopic (exact) mass is 411 g/mol. The third-order valence-electron chi connectivity index (χ3n) is 6.98. The highest BCUT2D eigenvalue weighted by Crippen LogP contribution is 2.31. The minimum absolute atomic E-state index is 0.0860. The Hall–Kier alpha value is -2.17. The number of imidazole rings is 1.